The predicted octanol–water partition coefficient (Wildman–Crippen LogP) is 6.47. The normalized spacial score (nSPS) is 13.0. The summed E-state index contributed by atoms with van der Waals surface area (Å²) in [6.45, 7) is 0.690. The van der Waals surface area contributed by atoms with Crippen molar-refractivity contribution < 1.29 is 23.6 Å². The monoisotopic (exact) mass is 688 g/mol. The summed E-state index contributed by atoms with van der Waals surface area (Å²) in [6, 6.07) is 24.9. The van der Waals surface area contributed by atoms with E-state index in [1.165, 1.54) is 23.1 Å². The molecule has 0 aliphatic carbocycles. The number of fused-ring (bicyclic) bond motifs is 1. The molecule has 248 valence electrons. The fraction of sp³-hybridized carbons (Fsp3) is 0.243. The number of rotatable bonds is 12. The first-order valence-corrected chi connectivity index (χ1v) is 16.3. The van der Waals surface area contributed by atoms with Crippen molar-refractivity contribution in [2.24, 2.45) is 0 Å². The van der Waals surface area contributed by atoms with Crippen molar-refractivity contribution in [1.82, 2.24) is 20.4 Å². The fourth-order valence-corrected chi connectivity index (χ4v) is 6.37. The van der Waals surface area contributed by atoms with Crippen molar-refractivity contribution in [3.63, 3.8) is 0 Å². The van der Waals surface area contributed by atoms with Gasteiger partial charge < -0.3 is 20.4 Å². The van der Waals surface area contributed by atoms with Crippen molar-refractivity contribution in [3.05, 3.63) is 140 Å². The van der Waals surface area contributed by atoms with Crippen LogP contribution in [-0.2, 0) is 30.7 Å². The SMILES string of the molecule is CN(Cc1ccccc1)C(=O)NC[C@H](NC(=O)c1c(Cl)cc2c(c1Cl)CCN(Cc1cccc(F)c1)C2=O)C(=O)CCc1ccccc1. The number of benzene rings is 4. The lowest BCUT2D eigenvalue weighted by molar-refractivity contribution is -0.120. The molecule has 4 aromatic rings. The van der Waals surface area contributed by atoms with Crippen molar-refractivity contribution in [2.75, 3.05) is 20.1 Å². The predicted molar refractivity (Wildman–Crippen MR) is 184 cm³/mol. The number of Topliss-reactive ketones (excluding diaryl/α,β-unsaturated/α-hetero) is 1. The molecular formula is C37H35Cl2FN4O4. The van der Waals surface area contributed by atoms with E-state index in [9.17, 15) is 23.6 Å². The molecule has 11 heteroatoms. The molecule has 0 spiro atoms. The van der Waals surface area contributed by atoms with E-state index in [0.717, 1.165) is 11.1 Å². The Kier molecular flexibility index (Phi) is 11.5. The molecule has 0 bridgehead atoms. The van der Waals surface area contributed by atoms with Gasteiger partial charge in [-0.3, -0.25) is 14.4 Å². The van der Waals surface area contributed by atoms with Gasteiger partial charge in [-0.15, -0.1) is 0 Å². The van der Waals surface area contributed by atoms with E-state index >= 15 is 0 Å². The molecular weight excluding hydrogens is 654 g/mol. The highest BCUT2D eigenvalue weighted by Crippen LogP contribution is 2.35. The summed E-state index contributed by atoms with van der Waals surface area (Å²) in [5.74, 6) is -1.72. The van der Waals surface area contributed by atoms with Gasteiger partial charge in [-0.05, 0) is 53.3 Å². The highest BCUT2D eigenvalue weighted by Gasteiger charge is 2.32. The zero-order valence-corrected chi connectivity index (χ0v) is 27.9. The molecule has 0 aromatic heterocycles. The van der Waals surface area contributed by atoms with E-state index in [1.807, 2.05) is 60.7 Å². The minimum Gasteiger partial charge on any atom is -0.340 e. The van der Waals surface area contributed by atoms with Gasteiger partial charge in [0.2, 0.25) is 0 Å². The van der Waals surface area contributed by atoms with Crippen LogP contribution in [0.15, 0.2) is 91.0 Å². The van der Waals surface area contributed by atoms with Crippen molar-refractivity contribution in [2.45, 2.75) is 38.4 Å². The van der Waals surface area contributed by atoms with Gasteiger partial charge in [0.05, 0.1) is 15.6 Å². The lowest BCUT2D eigenvalue weighted by Gasteiger charge is -2.30. The number of nitrogens with zero attached hydrogens (tertiary/aromatic N) is 2. The fourth-order valence-electron chi connectivity index (χ4n) is 5.64. The van der Waals surface area contributed by atoms with E-state index in [4.69, 9.17) is 23.2 Å². The Morgan fingerprint density at radius 2 is 1.58 bits per heavy atom. The molecule has 1 aliphatic heterocycles. The van der Waals surface area contributed by atoms with Gasteiger partial charge in [0.1, 0.15) is 11.9 Å². The third-order valence-electron chi connectivity index (χ3n) is 8.22. The lowest BCUT2D eigenvalue weighted by Crippen LogP contribution is -2.50. The van der Waals surface area contributed by atoms with Crippen LogP contribution in [0, 0.1) is 5.82 Å². The second-order valence-corrected chi connectivity index (χ2v) is 12.5. The number of aryl methyl sites for hydroxylation is 1. The summed E-state index contributed by atoms with van der Waals surface area (Å²) >= 11 is 13.3. The molecule has 1 heterocycles. The molecule has 0 unspecified atom stereocenters. The Balaban J connectivity index is 1.31. The summed E-state index contributed by atoms with van der Waals surface area (Å²) in [7, 11) is 1.64. The molecule has 8 nitrogen and oxygen atoms in total. The zero-order chi connectivity index (χ0) is 34.2. The van der Waals surface area contributed by atoms with Crippen LogP contribution in [0.25, 0.3) is 0 Å². The van der Waals surface area contributed by atoms with Crippen LogP contribution in [-0.4, -0.2) is 59.6 Å². The van der Waals surface area contributed by atoms with Crippen LogP contribution in [0.2, 0.25) is 10.0 Å². The van der Waals surface area contributed by atoms with Gasteiger partial charge in [-0.1, -0.05) is 96.0 Å². The first-order valence-electron chi connectivity index (χ1n) is 15.6. The minimum absolute atomic E-state index is 0.0240. The van der Waals surface area contributed by atoms with Crippen LogP contribution < -0.4 is 10.6 Å². The highest BCUT2D eigenvalue weighted by molar-refractivity contribution is 6.41. The number of halogens is 3. The number of ketones is 1. The van der Waals surface area contributed by atoms with E-state index in [1.54, 1.807) is 24.1 Å². The lowest BCUT2D eigenvalue weighted by atomic mass is 9.95. The third kappa shape index (κ3) is 8.59. The Hall–Kier alpha value is -4.73. The summed E-state index contributed by atoms with van der Waals surface area (Å²) in [5.41, 5.74) is 3.20. The van der Waals surface area contributed by atoms with Crippen molar-refractivity contribution >= 4 is 46.8 Å². The van der Waals surface area contributed by atoms with E-state index in [0.29, 0.717) is 37.1 Å². The van der Waals surface area contributed by atoms with Gasteiger partial charge in [-0.25, -0.2) is 9.18 Å². The minimum atomic E-state index is -1.08. The van der Waals surface area contributed by atoms with Crippen molar-refractivity contribution in [3.8, 4) is 0 Å². The Labute approximate surface area is 288 Å². The number of hydrogen-bond acceptors (Lipinski definition) is 4. The largest absolute Gasteiger partial charge is 0.340 e. The van der Waals surface area contributed by atoms with E-state index < -0.39 is 23.8 Å². The summed E-state index contributed by atoms with van der Waals surface area (Å²) in [5, 5.41) is 5.47. The maximum Gasteiger partial charge on any atom is 0.317 e. The van der Waals surface area contributed by atoms with Gasteiger partial charge >= 0.3 is 6.03 Å². The quantitative estimate of drug-likeness (QED) is 0.178. The second kappa shape index (κ2) is 15.9. The Bertz CT molecular complexity index is 1810. The Morgan fingerprint density at radius 3 is 2.27 bits per heavy atom. The standard InChI is InChI=1S/C37H35Cl2FN4O4/c1-43(22-25-11-6-3-7-12-25)37(48)41-21-31(32(45)16-15-24-9-4-2-5-10-24)42-35(46)33-30(38)20-29-28(34(33)39)17-18-44(36(29)47)23-26-13-8-14-27(40)19-26/h2-14,19-20,31H,15-18,21-23H2,1H3,(H,41,48)(H,42,46)/t31-/m0/s1. The molecule has 5 rings (SSSR count). The first-order chi connectivity index (χ1) is 23.1. The number of amides is 4. The average molecular weight is 690 g/mol. The first kappa shape index (κ1) is 34.6. The van der Waals surface area contributed by atoms with Gasteiger partial charge in [0.15, 0.2) is 5.78 Å². The molecule has 0 radical (unpaired) electrons. The average Bonchev–Trinajstić information content (AvgIpc) is 3.07. The number of hydrogen-bond donors (Lipinski definition) is 2. The molecule has 0 fully saturated rings. The topological polar surface area (TPSA) is 98.8 Å². The number of nitrogens with one attached hydrogen (secondary N) is 2. The molecule has 48 heavy (non-hydrogen) atoms. The number of urea groups is 1. The number of carbonyl (C=O) groups is 4. The highest BCUT2D eigenvalue weighted by atomic mass is 35.5. The van der Waals surface area contributed by atoms with Gasteiger partial charge in [0, 0.05) is 45.2 Å². The van der Waals surface area contributed by atoms with E-state index in [-0.39, 0.29) is 52.4 Å². The molecule has 4 aromatic carbocycles. The molecule has 0 saturated heterocycles. The van der Waals surface area contributed by atoms with Gasteiger partial charge in [-0.2, -0.15) is 0 Å². The summed E-state index contributed by atoms with van der Waals surface area (Å²) in [4.78, 5) is 56.6. The molecule has 2 N–H and O–H groups in total. The smallest absolute Gasteiger partial charge is 0.317 e. The van der Waals surface area contributed by atoms with Crippen molar-refractivity contribution in [1.29, 1.82) is 0 Å². The third-order valence-corrected chi connectivity index (χ3v) is 8.94. The molecule has 0 saturated carbocycles. The molecule has 1 atom stereocenters. The van der Waals surface area contributed by atoms with E-state index in [2.05, 4.69) is 10.6 Å². The molecule has 1 aliphatic rings. The summed E-state index contributed by atoms with van der Waals surface area (Å²) in [6.07, 6.45) is 0.907. The van der Waals surface area contributed by atoms with Crippen LogP contribution in [0.4, 0.5) is 9.18 Å². The second-order valence-electron chi connectivity index (χ2n) is 11.7. The van der Waals surface area contributed by atoms with Crippen LogP contribution in [0.5, 0.6) is 0 Å². The van der Waals surface area contributed by atoms with Crippen LogP contribution in [0.3, 0.4) is 0 Å². The summed E-state index contributed by atoms with van der Waals surface area (Å²) < 4.78 is 13.7. The zero-order valence-electron chi connectivity index (χ0n) is 26.3. The molecule has 4 amide bonds. The van der Waals surface area contributed by atoms with Crippen LogP contribution >= 0.6 is 23.2 Å². The maximum atomic E-state index is 13.7. The van der Waals surface area contributed by atoms with Crippen LogP contribution in [0.1, 0.15) is 49.4 Å². The van der Waals surface area contributed by atoms with Gasteiger partial charge in [0.25, 0.3) is 11.8 Å². The number of carbonyl (C=O) groups excluding carboxylic acids is 4. The Morgan fingerprint density at radius 1 is 0.917 bits per heavy atom. The maximum absolute atomic E-state index is 13.7.